The Hall–Kier alpha value is -2.90. The molecule has 8 nitrogen and oxygen atoms in total. The monoisotopic (exact) mass is 363 g/mol. The molecule has 1 saturated heterocycles. The largest absolute Gasteiger partial charge is 0.458 e. The van der Waals surface area contributed by atoms with Gasteiger partial charge in [-0.05, 0) is 12.1 Å². The summed E-state index contributed by atoms with van der Waals surface area (Å²) in [6.45, 7) is 3.77. The number of nitrogens with zero attached hydrogens (tertiary/aromatic N) is 1. The van der Waals surface area contributed by atoms with Gasteiger partial charge in [0.25, 0.3) is 5.91 Å². The molecule has 1 heterocycles. The minimum Gasteiger partial charge on any atom is -0.458 e. The zero-order chi connectivity index (χ0) is 19.3. The second kappa shape index (κ2) is 8.46. The van der Waals surface area contributed by atoms with E-state index in [0.29, 0.717) is 5.56 Å². The van der Waals surface area contributed by atoms with E-state index in [1.165, 1.54) is 25.7 Å². The molecule has 26 heavy (non-hydrogen) atoms. The van der Waals surface area contributed by atoms with Crippen molar-refractivity contribution in [3.8, 4) is 0 Å². The number of amides is 1. The van der Waals surface area contributed by atoms with Crippen LogP contribution in [0.15, 0.2) is 30.3 Å². The summed E-state index contributed by atoms with van der Waals surface area (Å²) in [6.07, 6.45) is -2.88. The first-order chi connectivity index (χ1) is 12.3. The molecule has 8 heteroatoms. The SMILES string of the molecule is CC(=O)OC1CCN(C(=O)c2ccccc2)C(OC(C)=O)C1OC(C)=O. The fourth-order valence-corrected chi connectivity index (χ4v) is 2.85. The van der Waals surface area contributed by atoms with Crippen LogP contribution in [0.3, 0.4) is 0 Å². The van der Waals surface area contributed by atoms with Crippen LogP contribution in [0, 0.1) is 0 Å². The quantitative estimate of drug-likeness (QED) is 0.587. The highest BCUT2D eigenvalue weighted by molar-refractivity contribution is 5.94. The first-order valence-electron chi connectivity index (χ1n) is 8.17. The van der Waals surface area contributed by atoms with Gasteiger partial charge in [-0.2, -0.15) is 0 Å². The minimum absolute atomic E-state index is 0.168. The smallest absolute Gasteiger partial charge is 0.304 e. The first kappa shape index (κ1) is 19.4. The van der Waals surface area contributed by atoms with Crippen LogP contribution in [0.25, 0.3) is 0 Å². The zero-order valence-electron chi connectivity index (χ0n) is 14.8. The van der Waals surface area contributed by atoms with E-state index in [9.17, 15) is 19.2 Å². The van der Waals surface area contributed by atoms with Crippen molar-refractivity contribution in [2.45, 2.75) is 45.6 Å². The van der Waals surface area contributed by atoms with E-state index in [4.69, 9.17) is 14.2 Å². The van der Waals surface area contributed by atoms with Gasteiger partial charge in [-0.3, -0.25) is 24.1 Å². The lowest BCUT2D eigenvalue weighted by atomic mass is 10.0. The Morgan fingerprint density at radius 1 is 0.885 bits per heavy atom. The van der Waals surface area contributed by atoms with Gasteiger partial charge in [-0.25, -0.2) is 0 Å². The molecule has 1 aromatic carbocycles. The molecular weight excluding hydrogens is 342 g/mol. The Morgan fingerprint density at radius 2 is 1.46 bits per heavy atom. The summed E-state index contributed by atoms with van der Waals surface area (Å²) in [5, 5.41) is 0. The van der Waals surface area contributed by atoms with Crippen molar-refractivity contribution in [2.24, 2.45) is 0 Å². The summed E-state index contributed by atoms with van der Waals surface area (Å²) in [5.41, 5.74) is 0.400. The number of ether oxygens (including phenoxy) is 3. The van der Waals surface area contributed by atoms with E-state index >= 15 is 0 Å². The van der Waals surface area contributed by atoms with E-state index in [1.54, 1.807) is 30.3 Å². The molecule has 0 saturated carbocycles. The van der Waals surface area contributed by atoms with Gasteiger partial charge in [0, 0.05) is 39.3 Å². The van der Waals surface area contributed by atoms with Crippen molar-refractivity contribution in [1.82, 2.24) is 4.90 Å². The molecular formula is C18H21NO7. The van der Waals surface area contributed by atoms with Crippen molar-refractivity contribution >= 4 is 23.8 Å². The Balaban J connectivity index is 2.35. The third-order valence-electron chi connectivity index (χ3n) is 3.80. The Morgan fingerprint density at radius 3 is 2.00 bits per heavy atom. The number of benzene rings is 1. The van der Waals surface area contributed by atoms with Gasteiger partial charge in [0.15, 0.2) is 6.10 Å². The van der Waals surface area contributed by atoms with E-state index in [1.807, 2.05) is 0 Å². The number of carbonyl (C=O) groups excluding carboxylic acids is 4. The molecule has 3 atom stereocenters. The molecule has 1 aliphatic heterocycles. The number of hydrogen-bond donors (Lipinski definition) is 0. The van der Waals surface area contributed by atoms with Crippen molar-refractivity contribution in [3.63, 3.8) is 0 Å². The maximum absolute atomic E-state index is 12.8. The summed E-state index contributed by atoms with van der Waals surface area (Å²) in [4.78, 5) is 48.6. The minimum atomic E-state index is -1.19. The van der Waals surface area contributed by atoms with E-state index in [-0.39, 0.29) is 18.9 Å². The highest BCUT2D eigenvalue weighted by Crippen LogP contribution is 2.27. The van der Waals surface area contributed by atoms with Gasteiger partial charge in [0.2, 0.25) is 6.23 Å². The molecule has 1 fully saturated rings. The van der Waals surface area contributed by atoms with Crippen molar-refractivity contribution < 1.29 is 33.4 Å². The number of piperidine rings is 1. The summed E-state index contributed by atoms with van der Waals surface area (Å²) in [7, 11) is 0. The van der Waals surface area contributed by atoms with Crippen molar-refractivity contribution in [2.75, 3.05) is 6.54 Å². The predicted molar refractivity (Wildman–Crippen MR) is 88.8 cm³/mol. The maximum Gasteiger partial charge on any atom is 0.304 e. The van der Waals surface area contributed by atoms with Crippen LogP contribution < -0.4 is 0 Å². The average molecular weight is 363 g/mol. The Bertz CT molecular complexity index is 688. The van der Waals surface area contributed by atoms with Crippen LogP contribution in [0.2, 0.25) is 0 Å². The van der Waals surface area contributed by atoms with Crippen LogP contribution in [-0.4, -0.2) is 53.7 Å². The van der Waals surface area contributed by atoms with Crippen LogP contribution in [0.5, 0.6) is 0 Å². The van der Waals surface area contributed by atoms with Gasteiger partial charge in [-0.1, -0.05) is 18.2 Å². The highest BCUT2D eigenvalue weighted by Gasteiger charge is 2.46. The number of carbonyl (C=O) groups is 4. The average Bonchev–Trinajstić information content (AvgIpc) is 2.57. The standard InChI is InChI=1S/C18H21NO7/c1-11(20)24-15-9-10-19(17(23)14-7-5-4-6-8-14)18(26-13(3)22)16(15)25-12(2)21/h4-8,15-16,18H,9-10H2,1-3H3. The molecule has 1 aromatic rings. The summed E-state index contributed by atoms with van der Waals surface area (Å²) in [5.74, 6) is -2.23. The third kappa shape index (κ3) is 4.81. The van der Waals surface area contributed by atoms with Gasteiger partial charge < -0.3 is 14.2 Å². The zero-order valence-corrected chi connectivity index (χ0v) is 14.8. The lowest BCUT2D eigenvalue weighted by molar-refractivity contribution is -0.206. The Kier molecular flexibility index (Phi) is 6.32. The molecule has 1 amide bonds. The maximum atomic E-state index is 12.8. The highest BCUT2D eigenvalue weighted by atomic mass is 16.6. The lowest BCUT2D eigenvalue weighted by Gasteiger charge is -2.42. The van der Waals surface area contributed by atoms with Gasteiger partial charge >= 0.3 is 17.9 Å². The molecule has 140 valence electrons. The predicted octanol–water partition coefficient (Wildman–Crippen LogP) is 1.29. The van der Waals surface area contributed by atoms with Crippen LogP contribution in [0.1, 0.15) is 37.6 Å². The summed E-state index contributed by atoms with van der Waals surface area (Å²) < 4.78 is 15.7. The molecule has 0 aliphatic carbocycles. The molecule has 0 bridgehead atoms. The van der Waals surface area contributed by atoms with Crippen molar-refractivity contribution in [1.29, 1.82) is 0 Å². The number of hydrogen-bond acceptors (Lipinski definition) is 7. The van der Waals surface area contributed by atoms with Gasteiger partial charge in [0.1, 0.15) is 6.10 Å². The third-order valence-corrected chi connectivity index (χ3v) is 3.80. The molecule has 0 N–H and O–H groups in total. The molecule has 2 rings (SSSR count). The normalized spacial score (nSPS) is 22.3. The number of esters is 3. The summed E-state index contributed by atoms with van der Waals surface area (Å²) >= 11 is 0. The second-order valence-electron chi connectivity index (χ2n) is 5.88. The molecule has 0 aromatic heterocycles. The lowest BCUT2D eigenvalue weighted by Crippen LogP contribution is -2.60. The van der Waals surface area contributed by atoms with Gasteiger partial charge in [0.05, 0.1) is 0 Å². The van der Waals surface area contributed by atoms with E-state index in [0.717, 1.165) is 0 Å². The van der Waals surface area contributed by atoms with E-state index in [2.05, 4.69) is 0 Å². The van der Waals surface area contributed by atoms with E-state index < -0.39 is 36.3 Å². The first-order valence-corrected chi connectivity index (χ1v) is 8.17. The fourth-order valence-electron chi connectivity index (χ4n) is 2.85. The molecule has 1 aliphatic rings. The molecule has 0 spiro atoms. The second-order valence-corrected chi connectivity index (χ2v) is 5.88. The fraction of sp³-hybridized carbons (Fsp3) is 0.444. The van der Waals surface area contributed by atoms with Crippen LogP contribution >= 0.6 is 0 Å². The topological polar surface area (TPSA) is 99.2 Å². The molecule has 0 radical (unpaired) electrons. The van der Waals surface area contributed by atoms with Crippen LogP contribution in [-0.2, 0) is 28.6 Å². The van der Waals surface area contributed by atoms with Crippen molar-refractivity contribution in [3.05, 3.63) is 35.9 Å². The van der Waals surface area contributed by atoms with Gasteiger partial charge in [-0.15, -0.1) is 0 Å². The summed E-state index contributed by atoms with van der Waals surface area (Å²) in [6, 6.07) is 8.46. The number of likely N-dealkylation sites (tertiary alicyclic amines) is 1. The van der Waals surface area contributed by atoms with Crippen LogP contribution in [0.4, 0.5) is 0 Å². The Labute approximate surface area is 151 Å². The number of rotatable bonds is 4. The molecule has 3 unspecified atom stereocenters.